The van der Waals surface area contributed by atoms with E-state index in [1.54, 1.807) is 0 Å². The summed E-state index contributed by atoms with van der Waals surface area (Å²) in [4.78, 5) is 0. The fraction of sp³-hybridized carbons (Fsp3) is 0. The lowest BCUT2D eigenvalue weighted by Crippen LogP contribution is -1.92. The lowest BCUT2D eigenvalue weighted by Gasteiger charge is -2.19. The van der Waals surface area contributed by atoms with E-state index in [2.05, 4.69) is 243 Å². The van der Waals surface area contributed by atoms with E-state index in [1.807, 2.05) is 0 Å². The lowest BCUT2D eigenvalue weighted by atomic mass is 9.84. The highest BCUT2D eigenvalue weighted by atomic mass is 16.3. The van der Waals surface area contributed by atoms with Crippen molar-refractivity contribution < 1.29 is 4.42 Å². The molecule has 0 saturated carbocycles. The van der Waals surface area contributed by atoms with Crippen molar-refractivity contribution in [3.63, 3.8) is 0 Å². The van der Waals surface area contributed by atoms with Crippen LogP contribution in [-0.4, -0.2) is 0 Å². The average Bonchev–Trinajstić information content (AvgIpc) is 3.76. The molecule has 65 heavy (non-hydrogen) atoms. The third-order valence-corrected chi connectivity index (χ3v) is 13.4. The van der Waals surface area contributed by atoms with Crippen molar-refractivity contribution in [1.29, 1.82) is 0 Å². The Morgan fingerprint density at radius 3 is 1.00 bits per heavy atom. The number of benzene rings is 12. The molecule has 0 atom stereocenters. The topological polar surface area (TPSA) is 13.1 Å². The molecule has 1 nitrogen and oxygen atoms in total. The molecule has 1 heterocycles. The normalized spacial score (nSPS) is 11.7. The van der Waals surface area contributed by atoms with Gasteiger partial charge >= 0.3 is 0 Å². The minimum absolute atomic E-state index is 0.876. The summed E-state index contributed by atoms with van der Waals surface area (Å²) in [5.74, 6) is 0. The SMILES string of the molecule is c1ccc(-c2cccc(-c3c4ccccc4c(-c4ccc5c(c4)oc4cccc(-c6c7ccccc7c(-c7cccc(-c8ccccc8)c7)c7ccccc67)c45)c4ccccc34)c2)cc1. The van der Waals surface area contributed by atoms with E-state index in [1.165, 1.54) is 104 Å². The average molecular weight is 825 g/mol. The summed E-state index contributed by atoms with van der Waals surface area (Å²) in [5, 5.41) is 12.0. The Balaban J connectivity index is 1.01. The number of hydrogen-bond donors (Lipinski definition) is 0. The van der Waals surface area contributed by atoms with Gasteiger partial charge in [0.25, 0.3) is 0 Å². The van der Waals surface area contributed by atoms with E-state index in [-0.39, 0.29) is 0 Å². The molecule has 0 aliphatic rings. The van der Waals surface area contributed by atoms with Gasteiger partial charge in [0, 0.05) is 10.8 Å². The van der Waals surface area contributed by atoms with E-state index < -0.39 is 0 Å². The minimum atomic E-state index is 0.876. The van der Waals surface area contributed by atoms with Gasteiger partial charge in [-0.1, -0.05) is 212 Å². The second kappa shape index (κ2) is 15.1. The highest BCUT2D eigenvalue weighted by Gasteiger charge is 2.22. The van der Waals surface area contributed by atoms with Crippen molar-refractivity contribution in [2.75, 3.05) is 0 Å². The molecule has 0 saturated heterocycles. The molecular weight excluding hydrogens is 785 g/mol. The van der Waals surface area contributed by atoms with Gasteiger partial charge < -0.3 is 4.42 Å². The first-order valence-electron chi connectivity index (χ1n) is 22.4. The molecule has 0 spiro atoms. The van der Waals surface area contributed by atoms with Crippen LogP contribution in [0.1, 0.15) is 0 Å². The van der Waals surface area contributed by atoms with E-state index in [0.29, 0.717) is 0 Å². The molecule has 0 aliphatic heterocycles. The van der Waals surface area contributed by atoms with Crippen molar-refractivity contribution in [2.45, 2.75) is 0 Å². The maximum absolute atomic E-state index is 6.92. The molecule has 1 aromatic heterocycles. The first kappa shape index (κ1) is 37.1. The Labute approximate surface area is 377 Å². The van der Waals surface area contributed by atoms with Crippen LogP contribution in [0.15, 0.2) is 247 Å². The maximum atomic E-state index is 6.92. The third kappa shape index (κ3) is 6.01. The quantitative estimate of drug-likeness (QED) is 0.152. The van der Waals surface area contributed by atoms with Crippen LogP contribution in [0, 0.1) is 0 Å². The van der Waals surface area contributed by atoms with Gasteiger partial charge in [-0.05, 0) is 140 Å². The van der Waals surface area contributed by atoms with Crippen LogP contribution in [0.4, 0.5) is 0 Å². The Kier molecular flexibility index (Phi) is 8.60. The van der Waals surface area contributed by atoms with Gasteiger partial charge in [-0.3, -0.25) is 0 Å². The molecule has 0 N–H and O–H groups in total. The van der Waals surface area contributed by atoms with Gasteiger partial charge in [0.1, 0.15) is 11.2 Å². The predicted molar refractivity (Wildman–Crippen MR) is 276 cm³/mol. The number of rotatable bonds is 6. The van der Waals surface area contributed by atoms with Crippen LogP contribution < -0.4 is 0 Å². The zero-order valence-electron chi connectivity index (χ0n) is 35.5. The summed E-state index contributed by atoms with van der Waals surface area (Å²) < 4.78 is 6.92. The van der Waals surface area contributed by atoms with Crippen molar-refractivity contribution >= 4 is 65.0 Å². The first-order chi connectivity index (χ1) is 32.3. The van der Waals surface area contributed by atoms with Crippen LogP contribution in [0.5, 0.6) is 0 Å². The summed E-state index contributed by atoms with van der Waals surface area (Å²) >= 11 is 0. The summed E-state index contributed by atoms with van der Waals surface area (Å²) in [7, 11) is 0. The van der Waals surface area contributed by atoms with Gasteiger partial charge in [0.2, 0.25) is 0 Å². The molecule has 13 rings (SSSR count). The summed E-state index contributed by atoms with van der Waals surface area (Å²) in [6.07, 6.45) is 0. The van der Waals surface area contributed by atoms with Gasteiger partial charge in [-0.25, -0.2) is 0 Å². The molecule has 0 unspecified atom stereocenters. The van der Waals surface area contributed by atoms with E-state index >= 15 is 0 Å². The highest BCUT2D eigenvalue weighted by Crippen LogP contribution is 2.49. The number of hydrogen-bond acceptors (Lipinski definition) is 1. The van der Waals surface area contributed by atoms with E-state index in [9.17, 15) is 0 Å². The summed E-state index contributed by atoms with van der Waals surface area (Å²) in [5.41, 5.74) is 16.3. The van der Waals surface area contributed by atoms with E-state index in [0.717, 1.165) is 27.5 Å². The molecule has 0 fully saturated rings. The molecule has 12 aromatic carbocycles. The van der Waals surface area contributed by atoms with Crippen molar-refractivity contribution in [3.8, 4) is 66.8 Å². The summed E-state index contributed by atoms with van der Waals surface area (Å²) in [6.45, 7) is 0. The monoisotopic (exact) mass is 824 g/mol. The van der Waals surface area contributed by atoms with Crippen LogP contribution in [0.25, 0.3) is 132 Å². The molecular formula is C64H40O. The lowest BCUT2D eigenvalue weighted by molar-refractivity contribution is 0.669. The van der Waals surface area contributed by atoms with Crippen LogP contribution >= 0.6 is 0 Å². The molecule has 0 bridgehead atoms. The molecule has 1 heteroatoms. The van der Waals surface area contributed by atoms with Gasteiger partial charge in [0.15, 0.2) is 0 Å². The second-order valence-electron chi connectivity index (χ2n) is 17.1. The Morgan fingerprint density at radius 1 is 0.200 bits per heavy atom. The Bertz CT molecular complexity index is 3870. The van der Waals surface area contributed by atoms with Gasteiger partial charge in [-0.15, -0.1) is 0 Å². The van der Waals surface area contributed by atoms with Crippen LogP contribution in [0.2, 0.25) is 0 Å². The maximum Gasteiger partial charge on any atom is 0.136 e. The van der Waals surface area contributed by atoms with Gasteiger partial charge in [-0.2, -0.15) is 0 Å². The zero-order valence-corrected chi connectivity index (χ0v) is 35.5. The molecule has 0 radical (unpaired) electrons. The third-order valence-electron chi connectivity index (χ3n) is 13.4. The molecule has 13 aromatic rings. The molecule has 302 valence electrons. The van der Waals surface area contributed by atoms with Crippen molar-refractivity contribution in [3.05, 3.63) is 243 Å². The molecule has 0 aliphatic carbocycles. The minimum Gasteiger partial charge on any atom is -0.456 e. The standard InChI is InChI=1S/C64H40O/c1-3-18-41(19-4-1)43-22-15-24-45(38-43)60-48-26-7-9-28-50(48)62(51-29-10-8-27-49(51)60)47-36-37-56-59(40-47)65-58-35-17-34-57(64(56)58)63-54-32-13-11-30-52(54)61(53-31-12-14-33-55(53)63)46-25-16-23-44(39-46)42-20-5-2-6-21-42/h1-40H. The Morgan fingerprint density at radius 2 is 0.554 bits per heavy atom. The smallest absolute Gasteiger partial charge is 0.136 e. The Hall–Kier alpha value is -8.52. The zero-order chi connectivity index (χ0) is 42.8. The van der Waals surface area contributed by atoms with Crippen LogP contribution in [0.3, 0.4) is 0 Å². The predicted octanol–water partition coefficient (Wildman–Crippen LogP) is 18.2. The first-order valence-corrected chi connectivity index (χ1v) is 22.4. The summed E-state index contributed by atoms with van der Waals surface area (Å²) in [6, 6.07) is 88.3. The fourth-order valence-electron chi connectivity index (χ4n) is 10.6. The largest absolute Gasteiger partial charge is 0.456 e. The fourth-order valence-corrected chi connectivity index (χ4v) is 10.6. The highest BCUT2D eigenvalue weighted by molar-refractivity contribution is 6.27. The number of furan rings is 1. The van der Waals surface area contributed by atoms with Crippen LogP contribution in [-0.2, 0) is 0 Å². The van der Waals surface area contributed by atoms with E-state index in [4.69, 9.17) is 4.42 Å². The molecule has 0 amide bonds. The second-order valence-corrected chi connectivity index (χ2v) is 17.1. The van der Waals surface area contributed by atoms with Crippen molar-refractivity contribution in [1.82, 2.24) is 0 Å². The number of fused-ring (bicyclic) bond motifs is 7. The van der Waals surface area contributed by atoms with Gasteiger partial charge in [0.05, 0.1) is 0 Å². The van der Waals surface area contributed by atoms with Crippen molar-refractivity contribution in [2.24, 2.45) is 0 Å².